The van der Waals surface area contributed by atoms with Crippen molar-refractivity contribution in [3.63, 3.8) is 0 Å². The van der Waals surface area contributed by atoms with Crippen LogP contribution in [0, 0.1) is 6.92 Å². The maximum Gasteiger partial charge on any atom is 0.358 e. The molecule has 1 atom stereocenters. The highest BCUT2D eigenvalue weighted by atomic mass is 16.5. The van der Waals surface area contributed by atoms with E-state index < -0.39 is 5.97 Å². The van der Waals surface area contributed by atoms with Crippen LogP contribution >= 0.6 is 0 Å². The van der Waals surface area contributed by atoms with Crippen LogP contribution in [-0.2, 0) is 4.74 Å². The van der Waals surface area contributed by atoms with Gasteiger partial charge in [0.2, 0.25) is 0 Å². The van der Waals surface area contributed by atoms with E-state index in [-0.39, 0.29) is 17.3 Å². The van der Waals surface area contributed by atoms with Crippen LogP contribution in [0.15, 0.2) is 0 Å². The Balaban J connectivity index is 1.81. The van der Waals surface area contributed by atoms with E-state index in [1.807, 2.05) is 0 Å². The predicted octanol–water partition coefficient (Wildman–Crippen LogP) is 2.34. The molecule has 110 valence electrons. The summed E-state index contributed by atoms with van der Waals surface area (Å²) in [4.78, 5) is 11.1. The second-order valence-corrected chi connectivity index (χ2v) is 6.01. The molecule has 2 aliphatic rings. The fraction of sp³-hybridized carbons (Fsp3) is 0.786. The van der Waals surface area contributed by atoms with E-state index in [0.29, 0.717) is 5.69 Å². The predicted molar refractivity (Wildman–Crippen MR) is 71.8 cm³/mol. The fourth-order valence-electron chi connectivity index (χ4n) is 3.64. The molecule has 1 aromatic heterocycles. The van der Waals surface area contributed by atoms with Gasteiger partial charge in [-0.3, -0.25) is 0 Å². The molecule has 1 aliphatic carbocycles. The lowest BCUT2D eigenvalue weighted by Gasteiger charge is -2.43. The van der Waals surface area contributed by atoms with Gasteiger partial charge in [-0.15, -0.1) is 5.10 Å². The molecule has 6 nitrogen and oxygen atoms in total. The lowest BCUT2D eigenvalue weighted by atomic mass is 9.78. The van der Waals surface area contributed by atoms with Crippen LogP contribution < -0.4 is 0 Å². The minimum absolute atomic E-state index is 0.0110. The average Bonchev–Trinajstić information content (AvgIpc) is 2.82. The first-order chi connectivity index (χ1) is 9.61. The van der Waals surface area contributed by atoms with Gasteiger partial charge in [-0.25, -0.2) is 9.48 Å². The van der Waals surface area contributed by atoms with Gasteiger partial charge in [0, 0.05) is 6.61 Å². The third-order valence-electron chi connectivity index (χ3n) is 4.71. The van der Waals surface area contributed by atoms with Gasteiger partial charge in [-0.05, 0) is 32.6 Å². The Bertz CT molecular complexity index is 500. The van der Waals surface area contributed by atoms with Gasteiger partial charge in [0.05, 0.1) is 17.3 Å². The van der Waals surface area contributed by atoms with Gasteiger partial charge in [0.25, 0.3) is 0 Å². The largest absolute Gasteiger partial charge is 0.476 e. The molecular formula is C14H21N3O3. The molecule has 2 heterocycles. The summed E-state index contributed by atoms with van der Waals surface area (Å²) in [6.07, 6.45) is 7.78. The van der Waals surface area contributed by atoms with Gasteiger partial charge in [0.1, 0.15) is 0 Å². The van der Waals surface area contributed by atoms with Crippen LogP contribution in [0.25, 0.3) is 0 Å². The zero-order chi connectivity index (χ0) is 14.2. The number of hydrogen-bond acceptors (Lipinski definition) is 4. The molecule has 1 aliphatic heterocycles. The Morgan fingerprint density at radius 2 is 2.15 bits per heavy atom. The molecule has 6 heteroatoms. The molecule has 1 N–H and O–H groups in total. The van der Waals surface area contributed by atoms with Crippen LogP contribution in [0.1, 0.15) is 67.2 Å². The van der Waals surface area contributed by atoms with Gasteiger partial charge >= 0.3 is 5.97 Å². The summed E-state index contributed by atoms with van der Waals surface area (Å²) in [5, 5.41) is 16.9. The Kier molecular flexibility index (Phi) is 3.50. The second-order valence-electron chi connectivity index (χ2n) is 6.01. The normalized spacial score (nSPS) is 25.8. The molecule has 3 rings (SSSR count). The van der Waals surface area contributed by atoms with Crippen LogP contribution in [-0.4, -0.2) is 38.3 Å². The number of carboxylic acid groups (broad SMARTS) is 1. The van der Waals surface area contributed by atoms with Crippen molar-refractivity contribution in [3.05, 3.63) is 11.4 Å². The van der Waals surface area contributed by atoms with E-state index >= 15 is 0 Å². The summed E-state index contributed by atoms with van der Waals surface area (Å²) in [6, 6.07) is 0.211. The lowest BCUT2D eigenvalue weighted by Crippen LogP contribution is -2.42. The number of hydrogen-bond donors (Lipinski definition) is 1. The number of carboxylic acids is 1. The number of rotatable bonds is 2. The molecule has 0 bridgehead atoms. The first-order valence-corrected chi connectivity index (χ1v) is 7.40. The minimum atomic E-state index is -1.01. The van der Waals surface area contributed by atoms with E-state index in [1.54, 1.807) is 11.6 Å². The molecule has 1 saturated heterocycles. The SMILES string of the molecule is Cc1c(C(=O)O)nnn1C1CCOC2(CCCCC2)C1. The first kappa shape index (κ1) is 13.5. The molecule has 1 aromatic rings. The summed E-state index contributed by atoms with van der Waals surface area (Å²) < 4.78 is 7.87. The van der Waals surface area contributed by atoms with Crippen molar-refractivity contribution < 1.29 is 14.6 Å². The molecule has 0 radical (unpaired) electrons. The van der Waals surface area contributed by atoms with Crippen molar-refractivity contribution >= 4 is 5.97 Å². The number of aromatic nitrogens is 3. The maximum absolute atomic E-state index is 11.1. The first-order valence-electron chi connectivity index (χ1n) is 7.40. The summed E-state index contributed by atoms with van der Waals surface area (Å²) in [7, 11) is 0. The molecular weight excluding hydrogens is 258 g/mol. The number of nitrogens with zero attached hydrogens (tertiary/aromatic N) is 3. The Labute approximate surface area is 118 Å². The molecule has 0 aromatic carbocycles. The molecule has 1 spiro atoms. The van der Waals surface area contributed by atoms with Crippen molar-refractivity contribution in [1.82, 2.24) is 15.0 Å². The van der Waals surface area contributed by atoms with E-state index in [2.05, 4.69) is 10.3 Å². The van der Waals surface area contributed by atoms with E-state index in [1.165, 1.54) is 19.3 Å². The fourth-order valence-corrected chi connectivity index (χ4v) is 3.64. The zero-order valence-corrected chi connectivity index (χ0v) is 11.8. The van der Waals surface area contributed by atoms with Crippen molar-refractivity contribution in [3.8, 4) is 0 Å². The van der Waals surface area contributed by atoms with E-state index in [0.717, 1.165) is 32.3 Å². The second kappa shape index (κ2) is 5.16. The van der Waals surface area contributed by atoms with Gasteiger partial charge in [-0.2, -0.15) is 0 Å². The average molecular weight is 279 g/mol. The third kappa shape index (κ3) is 2.32. The van der Waals surface area contributed by atoms with Crippen LogP contribution in [0.2, 0.25) is 0 Å². The summed E-state index contributed by atoms with van der Waals surface area (Å²) >= 11 is 0. The maximum atomic E-state index is 11.1. The minimum Gasteiger partial charge on any atom is -0.476 e. The Hall–Kier alpha value is -1.43. The lowest BCUT2D eigenvalue weighted by molar-refractivity contribution is -0.116. The number of ether oxygens (including phenoxy) is 1. The summed E-state index contributed by atoms with van der Waals surface area (Å²) in [5.74, 6) is -1.01. The highest BCUT2D eigenvalue weighted by Gasteiger charge is 2.40. The molecule has 1 saturated carbocycles. The molecule has 20 heavy (non-hydrogen) atoms. The van der Waals surface area contributed by atoms with Crippen LogP contribution in [0.3, 0.4) is 0 Å². The monoisotopic (exact) mass is 279 g/mol. The van der Waals surface area contributed by atoms with E-state index in [4.69, 9.17) is 9.84 Å². The molecule has 0 amide bonds. The van der Waals surface area contributed by atoms with Gasteiger partial charge < -0.3 is 9.84 Å². The topological polar surface area (TPSA) is 77.2 Å². The smallest absolute Gasteiger partial charge is 0.358 e. The van der Waals surface area contributed by atoms with Crippen molar-refractivity contribution in [1.29, 1.82) is 0 Å². The zero-order valence-electron chi connectivity index (χ0n) is 11.8. The summed E-state index contributed by atoms with van der Waals surface area (Å²) in [5.41, 5.74) is 0.702. The quantitative estimate of drug-likeness (QED) is 0.899. The summed E-state index contributed by atoms with van der Waals surface area (Å²) in [6.45, 7) is 2.51. The molecule has 1 unspecified atom stereocenters. The standard InChI is InChI=1S/C14H21N3O3/c1-10-12(13(18)19)15-16-17(10)11-5-8-20-14(9-11)6-3-2-4-7-14/h11H,2-9H2,1H3,(H,18,19). The highest BCUT2D eigenvalue weighted by molar-refractivity contribution is 5.86. The third-order valence-corrected chi connectivity index (χ3v) is 4.71. The van der Waals surface area contributed by atoms with Crippen LogP contribution in [0.5, 0.6) is 0 Å². The Morgan fingerprint density at radius 1 is 1.40 bits per heavy atom. The van der Waals surface area contributed by atoms with Gasteiger partial charge in [-0.1, -0.05) is 24.5 Å². The van der Waals surface area contributed by atoms with Crippen molar-refractivity contribution in [2.45, 2.75) is 63.5 Å². The molecule has 2 fully saturated rings. The van der Waals surface area contributed by atoms with E-state index in [9.17, 15) is 4.79 Å². The van der Waals surface area contributed by atoms with Crippen molar-refractivity contribution in [2.24, 2.45) is 0 Å². The van der Waals surface area contributed by atoms with Crippen LogP contribution in [0.4, 0.5) is 0 Å². The Morgan fingerprint density at radius 3 is 2.80 bits per heavy atom. The van der Waals surface area contributed by atoms with Crippen molar-refractivity contribution in [2.75, 3.05) is 6.61 Å². The number of aromatic carboxylic acids is 1. The highest BCUT2D eigenvalue weighted by Crippen LogP contribution is 2.42. The van der Waals surface area contributed by atoms with Gasteiger partial charge in [0.15, 0.2) is 5.69 Å². The number of carbonyl (C=O) groups is 1.